The van der Waals surface area contributed by atoms with E-state index in [9.17, 15) is 5.11 Å². The van der Waals surface area contributed by atoms with Crippen molar-refractivity contribution in [2.24, 2.45) is 5.92 Å². The molecular formula is C12H17Cl3O. The first kappa shape index (κ1) is 15.9. The maximum atomic E-state index is 9.42. The van der Waals surface area contributed by atoms with Gasteiger partial charge in [-0.2, -0.15) is 0 Å². The number of benzene rings is 1. The molecule has 0 radical (unpaired) electrons. The van der Waals surface area contributed by atoms with Crippen molar-refractivity contribution in [3.63, 3.8) is 0 Å². The summed E-state index contributed by atoms with van der Waals surface area (Å²) < 4.78 is -0.750. The average molecular weight is 284 g/mol. The maximum Gasteiger partial charge on any atom is 0.180 e. The Balaban J connectivity index is 0.000000487. The van der Waals surface area contributed by atoms with E-state index in [2.05, 4.69) is 13.8 Å². The summed E-state index contributed by atoms with van der Waals surface area (Å²) in [6, 6.07) is 7.55. The predicted molar refractivity (Wildman–Crippen MR) is 72.6 cm³/mol. The summed E-state index contributed by atoms with van der Waals surface area (Å²) in [5.41, 5.74) is 1.06. The highest BCUT2D eigenvalue weighted by molar-refractivity contribution is 6.63. The smallest absolute Gasteiger partial charge is 0.180 e. The summed E-state index contributed by atoms with van der Waals surface area (Å²) in [6.07, 6.45) is 2.11. The molecule has 0 fully saturated rings. The minimum absolute atomic E-state index is 0.429. The van der Waals surface area contributed by atoms with Crippen molar-refractivity contribution in [3.8, 4) is 5.75 Å². The van der Waals surface area contributed by atoms with Gasteiger partial charge in [-0.3, -0.25) is 0 Å². The molecule has 16 heavy (non-hydrogen) atoms. The van der Waals surface area contributed by atoms with Crippen molar-refractivity contribution in [2.75, 3.05) is 0 Å². The SMILES string of the molecule is CC(C)CCc1ccccc1O.ClC(Cl)Cl. The second kappa shape index (κ2) is 8.98. The van der Waals surface area contributed by atoms with E-state index in [1.54, 1.807) is 6.07 Å². The first-order valence-corrected chi connectivity index (χ1v) is 6.43. The first-order valence-electron chi connectivity index (χ1n) is 5.12. The Bertz CT molecular complexity index is 285. The van der Waals surface area contributed by atoms with Crippen molar-refractivity contribution >= 4 is 34.8 Å². The number of rotatable bonds is 3. The quantitative estimate of drug-likeness (QED) is 0.777. The molecule has 1 nitrogen and oxygen atoms in total. The Kier molecular flexibility index (Phi) is 8.91. The topological polar surface area (TPSA) is 20.2 Å². The molecule has 1 N–H and O–H groups in total. The molecule has 92 valence electrons. The van der Waals surface area contributed by atoms with E-state index < -0.39 is 4.30 Å². The molecule has 0 aliphatic carbocycles. The molecule has 0 saturated carbocycles. The number of phenols is 1. The van der Waals surface area contributed by atoms with Crippen molar-refractivity contribution in [2.45, 2.75) is 31.0 Å². The van der Waals surface area contributed by atoms with Gasteiger partial charge < -0.3 is 5.11 Å². The van der Waals surface area contributed by atoms with E-state index in [1.807, 2.05) is 18.2 Å². The molecular weight excluding hydrogens is 266 g/mol. The van der Waals surface area contributed by atoms with Gasteiger partial charge in [0.25, 0.3) is 0 Å². The molecule has 0 spiro atoms. The zero-order valence-corrected chi connectivity index (χ0v) is 11.7. The largest absolute Gasteiger partial charge is 0.508 e. The second-order valence-corrected chi connectivity index (χ2v) is 5.79. The fourth-order valence-electron chi connectivity index (χ4n) is 1.17. The standard InChI is InChI=1S/C11H16O.CHCl3/c1-9(2)7-8-10-5-3-4-6-11(10)12;2-1(3)4/h3-6,9,12H,7-8H2,1-2H3;1H. The van der Waals surface area contributed by atoms with Crippen LogP contribution in [0, 0.1) is 5.92 Å². The zero-order valence-electron chi connectivity index (χ0n) is 9.46. The predicted octanol–water partition coefficient (Wildman–Crippen LogP) is 4.97. The number of hydrogen-bond donors (Lipinski definition) is 1. The highest BCUT2D eigenvalue weighted by atomic mass is 35.6. The number of aromatic hydroxyl groups is 1. The third-order valence-electron chi connectivity index (χ3n) is 1.98. The normalized spacial score (nSPS) is 10.2. The molecule has 0 aliphatic rings. The summed E-state index contributed by atoms with van der Waals surface area (Å²) >= 11 is 14.4. The number of hydrogen-bond acceptors (Lipinski definition) is 1. The number of aryl methyl sites for hydroxylation is 1. The van der Waals surface area contributed by atoms with Crippen LogP contribution in [0.2, 0.25) is 0 Å². The molecule has 1 aromatic rings. The Morgan fingerprint density at radius 2 is 1.62 bits per heavy atom. The van der Waals surface area contributed by atoms with Gasteiger partial charge in [0.2, 0.25) is 0 Å². The van der Waals surface area contributed by atoms with E-state index in [0.29, 0.717) is 11.7 Å². The van der Waals surface area contributed by atoms with Crippen molar-refractivity contribution in [1.29, 1.82) is 0 Å². The molecule has 4 heteroatoms. The monoisotopic (exact) mass is 282 g/mol. The molecule has 0 unspecified atom stereocenters. The lowest BCUT2D eigenvalue weighted by Crippen LogP contribution is -1.91. The van der Waals surface area contributed by atoms with Crippen LogP contribution in [0.3, 0.4) is 0 Å². The molecule has 0 bridgehead atoms. The van der Waals surface area contributed by atoms with Gasteiger partial charge in [0.15, 0.2) is 4.30 Å². The van der Waals surface area contributed by atoms with Gasteiger partial charge in [-0.15, -0.1) is 0 Å². The van der Waals surface area contributed by atoms with Gasteiger partial charge in [-0.1, -0.05) is 66.8 Å². The molecule has 0 aromatic heterocycles. The summed E-state index contributed by atoms with van der Waals surface area (Å²) in [5, 5.41) is 9.42. The zero-order chi connectivity index (χ0) is 12.6. The Morgan fingerprint density at radius 3 is 2.06 bits per heavy atom. The molecule has 1 rings (SSSR count). The van der Waals surface area contributed by atoms with Crippen molar-refractivity contribution in [3.05, 3.63) is 29.8 Å². The molecule has 0 saturated heterocycles. The number of halogens is 3. The lowest BCUT2D eigenvalue weighted by molar-refractivity contribution is 0.463. The maximum absolute atomic E-state index is 9.42. The Labute approximate surface area is 112 Å². The van der Waals surface area contributed by atoms with E-state index >= 15 is 0 Å². The van der Waals surface area contributed by atoms with Gasteiger partial charge in [-0.25, -0.2) is 0 Å². The highest BCUT2D eigenvalue weighted by Gasteiger charge is 2.00. The third-order valence-corrected chi connectivity index (χ3v) is 1.98. The van der Waals surface area contributed by atoms with Gasteiger partial charge in [-0.05, 0) is 30.4 Å². The van der Waals surface area contributed by atoms with Gasteiger partial charge in [0.05, 0.1) is 0 Å². The minimum Gasteiger partial charge on any atom is -0.508 e. The lowest BCUT2D eigenvalue weighted by atomic mass is 10.0. The van der Waals surface area contributed by atoms with Crippen LogP contribution in [-0.4, -0.2) is 9.40 Å². The summed E-state index contributed by atoms with van der Waals surface area (Å²) in [6.45, 7) is 4.39. The summed E-state index contributed by atoms with van der Waals surface area (Å²) in [7, 11) is 0. The number of phenolic OH excluding ortho intramolecular Hbond substituents is 1. The second-order valence-electron chi connectivity index (χ2n) is 3.81. The van der Waals surface area contributed by atoms with E-state index in [-0.39, 0.29) is 0 Å². The number of alkyl halides is 3. The van der Waals surface area contributed by atoms with Crippen LogP contribution in [0.5, 0.6) is 5.75 Å². The van der Waals surface area contributed by atoms with E-state index in [1.165, 1.54) is 0 Å². The Hall–Kier alpha value is -0.110. The lowest BCUT2D eigenvalue weighted by Gasteiger charge is -2.05. The fourth-order valence-corrected chi connectivity index (χ4v) is 1.17. The minimum atomic E-state index is -0.750. The van der Waals surface area contributed by atoms with Crippen molar-refractivity contribution in [1.82, 2.24) is 0 Å². The van der Waals surface area contributed by atoms with Crippen LogP contribution in [-0.2, 0) is 6.42 Å². The molecule has 0 atom stereocenters. The van der Waals surface area contributed by atoms with E-state index in [0.717, 1.165) is 18.4 Å². The Morgan fingerprint density at radius 1 is 1.12 bits per heavy atom. The average Bonchev–Trinajstić information content (AvgIpc) is 2.15. The molecule has 0 amide bonds. The van der Waals surface area contributed by atoms with Crippen molar-refractivity contribution < 1.29 is 5.11 Å². The van der Waals surface area contributed by atoms with E-state index in [4.69, 9.17) is 34.8 Å². The molecule has 0 aliphatic heterocycles. The van der Waals surface area contributed by atoms with Crippen LogP contribution in [0.15, 0.2) is 24.3 Å². The first-order chi connectivity index (χ1) is 7.43. The molecule has 1 aromatic carbocycles. The van der Waals surface area contributed by atoms with Crippen LogP contribution < -0.4 is 0 Å². The van der Waals surface area contributed by atoms with Crippen LogP contribution in [0.1, 0.15) is 25.8 Å². The van der Waals surface area contributed by atoms with Gasteiger partial charge in [0, 0.05) is 0 Å². The van der Waals surface area contributed by atoms with Gasteiger partial charge >= 0.3 is 0 Å². The summed E-state index contributed by atoms with van der Waals surface area (Å²) in [5.74, 6) is 1.13. The third kappa shape index (κ3) is 9.14. The van der Waals surface area contributed by atoms with Crippen LogP contribution >= 0.6 is 34.8 Å². The van der Waals surface area contributed by atoms with Crippen LogP contribution in [0.4, 0.5) is 0 Å². The highest BCUT2D eigenvalue weighted by Crippen LogP contribution is 2.18. The summed E-state index contributed by atoms with van der Waals surface area (Å²) in [4.78, 5) is 0. The fraction of sp³-hybridized carbons (Fsp3) is 0.500. The van der Waals surface area contributed by atoms with Crippen LogP contribution in [0.25, 0.3) is 0 Å². The molecule has 0 heterocycles. The van der Waals surface area contributed by atoms with Gasteiger partial charge in [0.1, 0.15) is 5.75 Å². The number of para-hydroxylation sites is 1.